The summed E-state index contributed by atoms with van der Waals surface area (Å²) in [5, 5.41) is 2.60. The molecule has 1 aromatic heterocycles. The van der Waals surface area contributed by atoms with Crippen molar-refractivity contribution in [1.29, 1.82) is 0 Å². The van der Waals surface area contributed by atoms with Crippen molar-refractivity contribution in [2.24, 2.45) is 7.05 Å². The SMILES string of the molecule is CCOC(=O)C(=CNc1cc(=O)n(C)c(OC)n1)C(=O)OCC. The van der Waals surface area contributed by atoms with Gasteiger partial charge in [-0.15, -0.1) is 0 Å². The minimum Gasteiger partial charge on any atom is -0.468 e. The maximum atomic E-state index is 11.8. The van der Waals surface area contributed by atoms with Gasteiger partial charge in [0.15, 0.2) is 5.57 Å². The van der Waals surface area contributed by atoms with Gasteiger partial charge in [0, 0.05) is 19.3 Å². The van der Waals surface area contributed by atoms with Crippen LogP contribution < -0.4 is 15.6 Å². The highest BCUT2D eigenvalue weighted by atomic mass is 16.6. The Balaban J connectivity index is 3.09. The lowest BCUT2D eigenvalue weighted by atomic mass is 10.3. The van der Waals surface area contributed by atoms with E-state index in [0.29, 0.717) is 0 Å². The first-order valence-corrected chi connectivity index (χ1v) is 6.87. The van der Waals surface area contributed by atoms with Crippen molar-refractivity contribution in [3.05, 3.63) is 28.2 Å². The maximum Gasteiger partial charge on any atom is 0.347 e. The first kappa shape index (κ1) is 18.2. The van der Waals surface area contributed by atoms with Gasteiger partial charge in [-0.25, -0.2) is 9.59 Å². The molecule has 0 saturated heterocycles. The zero-order valence-electron chi connectivity index (χ0n) is 13.4. The van der Waals surface area contributed by atoms with E-state index in [1.54, 1.807) is 13.8 Å². The summed E-state index contributed by atoms with van der Waals surface area (Å²) < 4.78 is 15.7. The molecule has 0 fully saturated rings. The Kier molecular flexibility index (Phi) is 6.78. The van der Waals surface area contributed by atoms with Crippen LogP contribution in [0.5, 0.6) is 6.01 Å². The van der Waals surface area contributed by atoms with Gasteiger partial charge in [-0.3, -0.25) is 9.36 Å². The summed E-state index contributed by atoms with van der Waals surface area (Å²) in [4.78, 5) is 39.3. The number of hydrogen-bond acceptors (Lipinski definition) is 8. The Morgan fingerprint density at radius 3 is 2.30 bits per heavy atom. The van der Waals surface area contributed by atoms with E-state index in [9.17, 15) is 14.4 Å². The van der Waals surface area contributed by atoms with Gasteiger partial charge >= 0.3 is 17.9 Å². The number of carbonyl (C=O) groups excluding carboxylic acids is 2. The highest BCUT2D eigenvalue weighted by Crippen LogP contribution is 2.09. The topological polar surface area (TPSA) is 109 Å². The van der Waals surface area contributed by atoms with Crippen LogP contribution in [0.3, 0.4) is 0 Å². The molecule has 0 atom stereocenters. The molecule has 0 bridgehead atoms. The summed E-state index contributed by atoms with van der Waals surface area (Å²) in [5.74, 6) is -1.57. The lowest BCUT2D eigenvalue weighted by Crippen LogP contribution is -2.21. The Labute approximate surface area is 132 Å². The van der Waals surface area contributed by atoms with Crippen LogP contribution in [0, 0.1) is 0 Å². The molecule has 23 heavy (non-hydrogen) atoms. The van der Waals surface area contributed by atoms with Crippen molar-refractivity contribution in [3.63, 3.8) is 0 Å². The second kappa shape index (κ2) is 8.57. The fourth-order valence-electron chi connectivity index (χ4n) is 1.54. The fourth-order valence-corrected chi connectivity index (χ4v) is 1.54. The number of nitrogens with zero attached hydrogens (tertiary/aromatic N) is 2. The summed E-state index contributed by atoms with van der Waals surface area (Å²) in [5.41, 5.74) is -0.711. The quantitative estimate of drug-likeness (QED) is 0.328. The monoisotopic (exact) mass is 325 g/mol. The lowest BCUT2D eigenvalue weighted by Gasteiger charge is -2.09. The molecule has 1 rings (SSSR count). The molecule has 0 aromatic carbocycles. The minimum absolute atomic E-state index is 0.0715. The van der Waals surface area contributed by atoms with Crippen molar-refractivity contribution >= 4 is 17.8 Å². The van der Waals surface area contributed by atoms with Crippen LogP contribution in [-0.2, 0) is 26.1 Å². The number of nitrogens with one attached hydrogen (secondary N) is 1. The van der Waals surface area contributed by atoms with E-state index in [1.807, 2.05) is 0 Å². The summed E-state index contributed by atoms with van der Waals surface area (Å²) in [6.07, 6.45) is 1.08. The van der Waals surface area contributed by atoms with Crippen molar-refractivity contribution < 1.29 is 23.8 Å². The lowest BCUT2D eigenvalue weighted by molar-refractivity contribution is -0.146. The number of ether oxygens (including phenoxy) is 3. The average Bonchev–Trinajstić information content (AvgIpc) is 2.51. The Bertz CT molecular complexity index is 645. The van der Waals surface area contributed by atoms with Gasteiger partial charge in [-0.05, 0) is 13.8 Å². The standard InChI is InChI=1S/C14H19N3O6/c1-5-22-12(19)9(13(20)23-6-2)8-15-10-7-11(18)17(3)14(16-10)21-4/h7-8,15H,5-6H2,1-4H3. The molecule has 0 unspecified atom stereocenters. The van der Waals surface area contributed by atoms with Crippen molar-refractivity contribution in [2.75, 3.05) is 25.6 Å². The highest BCUT2D eigenvalue weighted by Gasteiger charge is 2.21. The summed E-state index contributed by atoms with van der Waals surface area (Å²) >= 11 is 0. The maximum absolute atomic E-state index is 11.8. The van der Waals surface area contributed by atoms with E-state index < -0.39 is 11.9 Å². The number of carbonyl (C=O) groups is 2. The normalized spacial score (nSPS) is 9.74. The zero-order valence-corrected chi connectivity index (χ0v) is 13.4. The third kappa shape index (κ3) is 4.83. The van der Waals surface area contributed by atoms with Gasteiger partial charge in [-0.1, -0.05) is 0 Å². The predicted octanol–water partition coefficient (Wildman–Crippen LogP) is 0.211. The molecular formula is C14H19N3O6. The molecule has 0 amide bonds. The molecule has 0 spiro atoms. The Hall–Kier alpha value is -2.84. The van der Waals surface area contributed by atoms with Crippen LogP contribution in [0.1, 0.15) is 13.8 Å². The van der Waals surface area contributed by atoms with E-state index >= 15 is 0 Å². The van der Waals surface area contributed by atoms with Crippen LogP contribution in [0.4, 0.5) is 5.82 Å². The van der Waals surface area contributed by atoms with E-state index in [0.717, 1.165) is 6.20 Å². The summed E-state index contributed by atoms with van der Waals surface area (Å²) in [7, 11) is 2.86. The van der Waals surface area contributed by atoms with Crippen LogP contribution in [-0.4, -0.2) is 41.8 Å². The first-order valence-electron chi connectivity index (χ1n) is 6.87. The molecule has 1 heterocycles. The van der Waals surface area contributed by atoms with E-state index in [2.05, 4.69) is 10.3 Å². The average molecular weight is 325 g/mol. The number of methoxy groups -OCH3 is 1. The Morgan fingerprint density at radius 1 is 1.26 bits per heavy atom. The van der Waals surface area contributed by atoms with Gasteiger partial charge in [0.25, 0.3) is 5.56 Å². The minimum atomic E-state index is -0.839. The van der Waals surface area contributed by atoms with Crippen molar-refractivity contribution in [3.8, 4) is 6.01 Å². The van der Waals surface area contributed by atoms with Gasteiger partial charge < -0.3 is 19.5 Å². The van der Waals surface area contributed by atoms with Crippen molar-refractivity contribution in [1.82, 2.24) is 9.55 Å². The smallest absolute Gasteiger partial charge is 0.347 e. The van der Waals surface area contributed by atoms with Crippen LogP contribution >= 0.6 is 0 Å². The molecule has 0 aliphatic heterocycles. The molecule has 1 N–H and O–H groups in total. The first-order chi connectivity index (χ1) is 10.9. The van der Waals surface area contributed by atoms with Crippen LogP contribution in [0.25, 0.3) is 0 Å². The number of hydrogen-bond donors (Lipinski definition) is 1. The third-order valence-corrected chi connectivity index (χ3v) is 2.63. The highest BCUT2D eigenvalue weighted by molar-refractivity contribution is 6.14. The molecule has 0 radical (unpaired) electrons. The molecule has 9 heteroatoms. The largest absolute Gasteiger partial charge is 0.468 e. The molecule has 0 saturated carbocycles. The predicted molar refractivity (Wildman–Crippen MR) is 81.0 cm³/mol. The fraction of sp³-hybridized carbons (Fsp3) is 0.429. The van der Waals surface area contributed by atoms with Gasteiger partial charge in [0.2, 0.25) is 0 Å². The number of aromatic nitrogens is 2. The summed E-state index contributed by atoms with van der Waals surface area (Å²) in [6, 6.07) is 1.26. The Morgan fingerprint density at radius 2 is 1.83 bits per heavy atom. The molecular weight excluding hydrogens is 306 g/mol. The number of esters is 2. The van der Waals surface area contributed by atoms with Crippen LogP contribution in [0.15, 0.2) is 22.6 Å². The molecule has 0 aliphatic rings. The number of anilines is 1. The second-order valence-electron chi connectivity index (χ2n) is 4.17. The van der Waals surface area contributed by atoms with E-state index in [1.165, 1.54) is 24.8 Å². The second-order valence-corrected chi connectivity index (χ2v) is 4.17. The van der Waals surface area contributed by atoms with Gasteiger partial charge in [-0.2, -0.15) is 4.98 Å². The van der Waals surface area contributed by atoms with E-state index in [4.69, 9.17) is 14.2 Å². The van der Waals surface area contributed by atoms with Gasteiger partial charge in [0.05, 0.1) is 20.3 Å². The number of rotatable bonds is 7. The third-order valence-electron chi connectivity index (χ3n) is 2.63. The van der Waals surface area contributed by atoms with E-state index in [-0.39, 0.29) is 36.2 Å². The molecule has 9 nitrogen and oxygen atoms in total. The zero-order chi connectivity index (χ0) is 17.4. The van der Waals surface area contributed by atoms with Crippen molar-refractivity contribution in [2.45, 2.75) is 13.8 Å². The van der Waals surface area contributed by atoms with Crippen LogP contribution in [0.2, 0.25) is 0 Å². The molecule has 1 aromatic rings. The van der Waals surface area contributed by atoms with Gasteiger partial charge in [0.1, 0.15) is 5.82 Å². The summed E-state index contributed by atoms with van der Waals surface area (Å²) in [6.45, 7) is 3.43. The molecule has 0 aliphatic carbocycles. The molecule has 126 valence electrons.